The molecule has 0 spiro atoms. The lowest BCUT2D eigenvalue weighted by atomic mass is 10.1. The summed E-state index contributed by atoms with van der Waals surface area (Å²) in [7, 11) is -3.63. The van der Waals surface area contributed by atoms with Gasteiger partial charge < -0.3 is 0 Å². The average Bonchev–Trinajstić information content (AvgIpc) is 2.58. The Morgan fingerprint density at radius 1 is 1.04 bits per heavy atom. The molecule has 0 bridgehead atoms. The molecular weight excluding hydrogens is 362 g/mol. The largest absolute Gasteiger partial charge is 0.271 e. The van der Waals surface area contributed by atoms with Crippen LogP contribution in [-0.2, 0) is 14.8 Å². The summed E-state index contributed by atoms with van der Waals surface area (Å²) >= 11 is 0. The van der Waals surface area contributed by atoms with Gasteiger partial charge in [-0.25, -0.2) is 13.8 Å². The van der Waals surface area contributed by atoms with Gasteiger partial charge in [0.05, 0.1) is 17.7 Å². The number of hydrogen-bond donors (Lipinski definition) is 1. The number of nitrogens with zero attached hydrogens (tertiary/aromatic N) is 2. The number of rotatable bonds is 6. The molecule has 0 heterocycles. The first-order valence-corrected chi connectivity index (χ1v) is 10.4. The van der Waals surface area contributed by atoms with Crippen molar-refractivity contribution in [3.8, 4) is 0 Å². The summed E-state index contributed by atoms with van der Waals surface area (Å²) in [5, 5.41) is 4.09. The van der Waals surface area contributed by atoms with Crippen molar-refractivity contribution in [1.29, 1.82) is 0 Å². The minimum atomic E-state index is -3.63. The Morgan fingerprint density at radius 3 is 2.11 bits per heavy atom. The summed E-state index contributed by atoms with van der Waals surface area (Å²) < 4.78 is 25.7. The van der Waals surface area contributed by atoms with Crippen LogP contribution in [0.1, 0.15) is 29.2 Å². The summed E-state index contributed by atoms with van der Waals surface area (Å²) in [5.41, 5.74) is 7.20. The zero-order chi connectivity index (χ0) is 20.2. The Bertz CT molecular complexity index is 944. The summed E-state index contributed by atoms with van der Waals surface area (Å²) in [5.74, 6) is -0.505. The lowest BCUT2D eigenvalue weighted by Crippen LogP contribution is -2.40. The SMILES string of the molecule is C/C(=N/NC(=O)CN(c1c(C)cccc1C)S(C)(=O)=O)c1ccc(C)cc1. The van der Waals surface area contributed by atoms with Crippen molar-refractivity contribution in [1.82, 2.24) is 5.43 Å². The molecular formula is C20H25N3O3S. The highest BCUT2D eigenvalue weighted by atomic mass is 32.2. The summed E-state index contributed by atoms with van der Waals surface area (Å²) in [4.78, 5) is 12.4. The molecule has 0 unspecified atom stereocenters. The lowest BCUT2D eigenvalue weighted by molar-refractivity contribution is -0.119. The molecule has 6 nitrogen and oxygen atoms in total. The highest BCUT2D eigenvalue weighted by molar-refractivity contribution is 7.92. The summed E-state index contributed by atoms with van der Waals surface area (Å²) in [6, 6.07) is 13.2. The number of sulfonamides is 1. The minimum absolute atomic E-state index is 0.338. The van der Waals surface area contributed by atoms with Crippen molar-refractivity contribution >= 4 is 27.3 Å². The fraction of sp³-hybridized carbons (Fsp3) is 0.300. The number of carbonyl (C=O) groups excluding carboxylic acids is 1. The van der Waals surface area contributed by atoms with Gasteiger partial charge in [-0.15, -0.1) is 0 Å². The van der Waals surface area contributed by atoms with E-state index in [4.69, 9.17) is 0 Å². The van der Waals surface area contributed by atoms with Crippen LogP contribution >= 0.6 is 0 Å². The molecule has 2 aromatic rings. The second-order valence-corrected chi connectivity index (χ2v) is 8.52. The molecule has 0 saturated carbocycles. The van der Waals surface area contributed by atoms with Gasteiger partial charge in [-0.05, 0) is 44.4 Å². The first kappa shape index (κ1) is 20.6. The van der Waals surface area contributed by atoms with Crippen molar-refractivity contribution < 1.29 is 13.2 Å². The third-order valence-electron chi connectivity index (χ3n) is 4.19. The van der Waals surface area contributed by atoms with Crippen LogP contribution < -0.4 is 9.73 Å². The molecule has 7 heteroatoms. The van der Waals surface area contributed by atoms with Gasteiger partial charge in [-0.1, -0.05) is 48.0 Å². The molecule has 0 atom stereocenters. The smallest absolute Gasteiger partial charge is 0.260 e. The second kappa shape index (κ2) is 8.35. The van der Waals surface area contributed by atoms with E-state index in [9.17, 15) is 13.2 Å². The molecule has 0 aliphatic heterocycles. The number of aryl methyl sites for hydroxylation is 3. The Morgan fingerprint density at radius 2 is 1.59 bits per heavy atom. The van der Waals surface area contributed by atoms with Crippen LogP contribution in [0, 0.1) is 20.8 Å². The first-order chi connectivity index (χ1) is 12.6. The number of amides is 1. The topological polar surface area (TPSA) is 78.8 Å². The van der Waals surface area contributed by atoms with Gasteiger partial charge in [-0.2, -0.15) is 5.10 Å². The Balaban J connectivity index is 2.20. The molecule has 27 heavy (non-hydrogen) atoms. The van der Waals surface area contributed by atoms with Gasteiger partial charge in [-0.3, -0.25) is 9.10 Å². The third-order valence-corrected chi connectivity index (χ3v) is 5.31. The van der Waals surface area contributed by atoms with E-state index in [2.05, 4.69) is 10.5 Å². The number of benzene rings is 2. The fourth-order valence-corrected chi connectivity index (χ4v) is 3.70. The molecule has 1 amide bonds. The van der Waals surface area contributed by atoms with Crippen molar-refractivity contribution in [3.05, 3.63) is 64.7 Å². The lowest BCUT2D eigenvalue weighted by Gasteiger charge is -2.25. The Hall–Kier alpha value is -2.67. The van der Waals surface area contributed by atoms with Crippen LogP contribution in [0.3, 0.4) is 0 Å². The van der Waals surface area contributed by atoms with Crippen LogP contribution in [-0.4, -0.2) is 32.8 Å². The van der Waals surface area contributed by atoms with Gasteiger partial charge in [0.1, 0.15) is 6.54 Å². The molecule has 0 aromatic heterocycles. The molecule has 0 fully saturated rings. The zero-order valence-corrected chi connectivity index (χ0v) is 17.1. The Labute approximate surface area is 161 Å². The number of anilines is 1. The molecule has 0 aliphatic rings. The van der Waals surface area contributed by atoms with Crippen LogP contribution in [0.15, 0.2) is 47.6 Å². The van der Waals surface area contributed by atoms with E-state index < -0.39 is 15.9 Å². The monoisotopic (exact) mass is 387 g/mol. The highest BCUT2D eigenvalue weighted by Gasteiger charge is 2.23. The highest BCUT2D eigenvalue weighted by Crippen LogP contribution is 2.26. The molecule has 0 saturated heterocycles. The second-order valence-electron chi connectivity index (χ2n) is 6.61. The molecule has 1 N–H and O–H groups in total. The van der Waals surface area contributed by atoms with E-state index in [0.717, 1.165) is 32.8 Å². The van der Waals surface area contributed by atoms with E-state index in [1.165, 1.54) is 0 Å². The van der Waals surface area contributed by atoms with E-state index in [0.29, 0.717) is 11.4 Å². The van der Waals surface area contributed by atoms with Crippen molar-refractivity contribution in [2.45, 2.75) is 27.7 Å². The summed E-state index contributed by atoms with van der Waals surface area (Å²) in [6.45, 7) is 7.07. The molecule has 0 aliphatic carbocycles. The molecule has 144 valence electrons. The first-order valence-electron chi connectivity index (χ1n) is 8.53. The maximum atomic E-state index is 12.4. The third kappa shape index (κ3) is 5.40. The van der Waals surface area contributed by atoms with E-state index >= 15 is 0 Å². The van der Waals surface area contributed by atoms with Gasteiger partial charge in [0, 0.05) is 0 Å². The minimum Gasteiger partial charge on any atom is -0.271 e. The quantitative estimate of drug-likeness (QED) is 0.611. The number of hydrazone groups is 1. The van der Waals surface area contributed by atoms with Crippen LogP contribution in [0.4, 0.5) is 5.69 Å². The van der Waals surface area contributed by atoms with Crippen LogP contribution in [0.5, 0.6) is 0 Å². The van der Waals surface area contributed by atoms with Gasteiger partial charge in [0.2, 0.25) is 10.0 Å². The predicted octanol–water partition coefficient (Wildman–Crippen LogP) is 2.92. The maximum absolute atomic E-state index is 12.4. The Kier molecular flexibility index (Phi) is 6.38. The van der Waals surface area contributed by atoms with Gasteiger partial charge in [0.25, 0.3) is 5.91 Å². The van der Waals surface area contributed by atoms with Gasteiger partial charge >= 0.3 is 0 Å². The fourth-order valence-electron chi connectivity index (χ4n) is 2.73. The predicted molar refractivity (Wildman–Crippen MR) is 110 cm³/mol. The standard InChI is InChI=1S/C20H25N3O3S/c1-14-9-11-18(12-10-14)17(4)21-22-19(24)13-23(27(5,25)26)20-15(2)7-6-8-16(20)3/h6-12H,13H2,1-5H3,(H,22,24)/b21-17-. The van der Waals surface area contributed by atoms with E-state index in [1.807, 2.05) is 63.2 Å². The molecule has 2 aromatic carbocycles. The van der Waals surface area contributed by atoms with Crippen molar-refractivity contribution in [2.75, 3.05) is 17.1 Å². The van der Waals surface area contributed by atoms with Crippen LogP contribution in [0.2, 0.25) is 0 Å². The van der Waals surface area contributed by atoms with E-state index in [1.54, 1.807) is 6.92 Å². The normalized spacial score (nSPS) is 12.0. The number of carbonyl (C=O) groups is 1. The van der Waals surface area contributed by atoms with Crippen molar-refractivity contribution in [2.24, 2.45) is 5.10 Å². The van der Waals surface area contributed by atoms with E-state index in [-0.39, 0.29) is 6.54 Å². The average molecular weight is 388 g/mol. The zero-order valence-electron chi connectivity index (χ0n) is 16.3. The van der Waals surface area contributed by atoms with Crippen LogP contribution in [0.25, 0.3) is 0 Å². The maximum Gasteiger partial charge on any atom is 0.260 e. The number of para-hydroxylation sites is 1. The van der Waals surface area contributed by atoms with Gasteiger partial charge in [0.15, 0.2) is 0 Å². The van der Waals surface area contributed by atoms with Crippen molar-refractivity contribution in [3.63, 3.8) is 0 Å². The summed E-state index contributed by atoms with van der Waals surface area (Å²) in [6.07, 6.45) is 1.09. The molecule has 2 rings (SSSR count). The number of hydrogen-bond acceptors (Lipinski definition) is 4. The number of nitrogens with one attached hydrogen (secondary N) is 1. The molecule has 0 radical (unpaired) electrons.